The van der Waals surface area contributed by atoms with E-state index in [9.17, 15) is 13.6 Å². The molecule has 0 spiro atoms. The molecule has 0 aliphatic carbocycles. The van der Waals surface area contributed by atoms with E-state index in [2.05, 4.69) is 4.90 Å². The maximum atomic E-state index is 13.1. The van der Waals surface area contributed by atoms with Gasteiger partial charge in [0.05, 0.1) is 6.54 Å². The van der Waals surface area contributed by atoms with Crippen molar-refractivity contribution in [2.45, 2.75) is 12.8 Å². The highest BCUT2D eigenvalue weighted by atomic mass is 19.2. The minimum absolute atomic E-state index is 0.187. The fourth-order valence-corrected chi connectivity index (χ4v) is 2.40. The Morgan fingerprint density at radius 2 is 1.95 bits per heavy atom. The summed E-state index contributed by atoms with van der Waals surface area (Å²) in [6, 6.07) is 3.29. The molecule has 1 fully saturated rings. The molecule has 20 heavy (non-hydrogen) atoms. The fourth-order valence-electron chi connectivity index (χ4n) is 2.40. The van der Waals surface area contributed by atoms with Crippen molar-refractivity contribution in [1.29, 1.82) is 0 Å². The Bertz CT molecular complexity index is 473. The van der Waals surface area contributed by atoms with Gasteiger partial charge in [-0.15, -0.1) is 0 Å². The summed E-state index contributed by atoms with van der Waals surface area (Å²) < 4.78 is 25.9. The molecule has 1 heterocycles. The van der Waals surface area contributed by atoms with Crippen LogP contribution in [0.5, 0.6) is 0 Å². The molecule has 3 nitrogen and oxygen atoms in total. The summed E-state index contributed by atoms with van der Waals surface area (Å²) in [5, 5.41) is 0. The van der Waals surface area contributed by atoms with Crippen LogP contribution in [0.4, 0.5) is 8.78 Å². The van der Waals surface area contributed by atoms with Crippen LogP contribution in [-0.4, -0.2) is 55.4 Å². The number of ketones is 1. The lowest BCUT2D eigenvalue weighted by atomic mass is 10.1. The second-order valence-electron chi connectivity index (χ2n) is 5.34. The van der Waals surface area contributed by atoms with Crippen molar-refractivity contribution < 1.29 is 13.6 Å². The van der Waals surface area contributed by atoms with Crippen molar-refractivity contribution in [3.05, 3.63) is 35.4 Å². The van der Waals surface area contributed by atoms with Gasteiger partial charge >= 0.3 is 0 Å². The van der Waals surface area contributed by atoms with Gasteiger partial charge in [-0.3, -0.25) is 9.69 Å². The molecular weight excluding hydrogens is 262 g/mol. The number of likely N-dealkylation sites (tertiary alicyclic amines) is 1. The number of rotatable bonds is 6. The summed E-state index contributed by atoms with van der Waals surface area (Å²) >= 11 is 0. The monoisotopic (exact) mass is 282 g/mol. The van der Waals surface area contributed by atoms with Gasteiger partial charge in [-0.25, -0.2) is 8.78 Å². The molecule has 0 atom stereocenters. The standard InChI is InChI=1S/C15H20F2N2O/c1-18(8-9-19-6-2-3-7-19)11-15(20)12-4-5-13(16)14(17)10-12/h4-5,10H,2-3,6-9,11H2,1H3. The number of likely N-dealkylation sites (N-methyl/N-ethyl adjacent to an activating group) is 1. The molecule has 1 aliphatic rings. The molecule has 0 bridgehead atoms. The summed E-state index contributed by atoms with van der Waals surface area (Å²) in [6.07, 6.45) is 2.50. The second kappa shape index (κ2) is 6.90. The maximum Gasteiger partial charge on any atom is 0.176 e. The second-order valence-corrected chi connectivity index (χ2v) is 5.34. The van der Waals surface area contributed by atoms with Gasteiger partial charge in [0.25, 0.3) is 0 Å². The van der Waals surface area contributed by atoms with E-state index in [0.717, 1.165) is 38.3 Å². The topological polar surface area (TPSA) is 23.6 Å². The predicted octanol–water partition coefficient (Wildman–Crippen LogP) is 2.18. The summed E-state index contributed by atoms with van der Waals surface area (Å²) in [7, 11) is 1.87. The Kier molecular flexibility index (Phi) is 5.20. The highest BCUT2D eigenvalue weighted by molar-refractivity contribution is 5.97. The lowest BCUT2D eigenvalue weighted by Crippen LogP contribution is -2.34. The van der Waals surface area contributed by atoms with Gasteiger partial charge in [0.1, 0.15) is 0 Å². The van der Waals surface area contributed by atoms with E-state index in [-0.39, 0.29) is 17.9 Å². The Labute approximate surface area is 118 Å². The van der Waals surface area contributed by atoms with Gasteiger partial charge in [-0.05, 0) is 51.2 Å². The SMILES string of the molecule is CN(CCN1CCCC1)CC(=O)c1ccc(F)c(F)c1. The molecule has 0 unspecified atom stereocenters. The highest BCUT2D eigenvalue weighted by Gasteiger charge is 2.14. The number of benzene rings is 1. The molecular formula is C15H20F2N2O. The Balaban J connectivity index is 1.81. The van der Waals surface area contributed by atoms with E-state index in [1.54, 1.807) is 0 Å². The first kappa shape index (κ1) is 15.1. The zero-order valence-corrected chi connectivity index (χ0v) is 11.7. The number of hydrogen-bond acceptors (Lipinski definition) is 3. The van der Waals surface area contributed by atoms with Crippen LogP contribution in [0.15, 0.2) is 18.2 Å². The smallest absolute Gasteiger partial charge is 0.176 e. The number of nitrogens with zero attached hydrogens (tertiary/aromatic N) is 2. The van der Waals surface area contributed by atoms with E-state index in [0.29, 0.717) is 0 Å². The van der Waals surface area contributed by atoms with Gasteiger partial charge in [0.15, 0.2) is 17.4 Å². The van der Waals surface area contributed by atoms with Gasteiger partial charge in [-0.2, -0.15) is 0 Å². The molecule has 110 valence electrons. The first-order chi connectivity index (χ1) is 9.56. The molecule has 0 aromatic heterocycles. The number of carbonyl (C=O) groups is 1. The number of hydrogen-bond donors (Lipinski definition) is 0. The Morgan fingerprint density at radius 3 is 2.60 bits per heavy atom. The number of carbonyl (C=O) groups excluding carboxylic acids is 1. The third-order valence-electron chi connectivity index (χ3n) is 3.65. The van der Waals surface area contributed by atoms with E-state index in [1.165, 1.54) is 18.9 Å². The largest absolute Gasteiger partial charge is 0.302 e. The van der Waals surface area contributed by atoms with Crippen molar-refractivity contribution in [2.75, 3.05) is 39.8 Å². The normalized spacial score (nSPS) is 16.0. The molecule has 0 radical (unpaired) electrons. The van der Waals surface area contributed by atoms with Gasteiger partial charge < -0.3 is 4.90 Å². The molecule has 1 saturated heterocycles. The summed E-state index contributed by atoms with van der Waals surface area (Å²) in [4.78, 5) is 16.3. The van der Waals surface area contributed by atoms with Crippen LogP contribution < -0.4 is 0 Å². The first-order valence-electron chi connectivity index (χ1n) is 6.95. The van der Waals surface area contributed by atoms with Crippen LogP contribution in [0, 0.1) is 11.6 Å². The van der Waals surface area contributed by atoms with Gasteiger partial charge in [-0.1, -0.05) is 0 Å². The third kappa shape index (κ3) is 4.08. The van der Waals surface area contributed by atoms with Crippen molar-refractivity contribution in [1.82, 2.24) is 9.80 Å². The quantitative estimate of drug-likeness (QED) is 0.747. The number of halogens is 2. The minimum atomic E-state index is -0.976. The third-order valence-corrected chi connectivity index (χ3v) is 3.65. The lowest BCUT2D eigenvalue weighted by molar-refractivity contribution is 0.0940. The van der Waals surface area contributed by atoms with E-state index in [4.69, 9.17) is 0 Å². The van der Waals surface area contributed by atoms with Gasteiger partial charge in [0, 0.05) is 18.7 Å². The minimum Gasteiger partial charge on any atom is -0.302 e. The van der Waals surface area contributed by atoms with Crippen LogP contribution >= 0.6 is 0 Å². The van der Waals surface area contributed by atoms with Crippen molar-refractivity contribution >= 4 is 5.78 Å². The van der Waals surface area contributed by atoms with Crippen LogP contribution in [0.3, 0.4) is 0 Å². The molecule has 5 heteroatoms. The highest BCUT2D eigenvalue weighted by Crippen LogP contribution is 2.10. The van der Waals surface area contributed by atoms with Crippen LogP contribution in [0.25, 0.3) is 0 Å². The average molecular weight is 282 g/mol. The van der Waals surface area contributed by atoms with E-state index in [1.807, 2.05) is 11.9 Å². The first-order valence-corrected chi connectivity index (χ1v) is 6.95. The van der Waals surface area contributed by atoms with Crippen LogP contribution in [0.2, 0.25) is 0 Å². The lowest BCUT2D eigenvalue weighted by Gasteiger charge is -2.20. The van der Waals surface area contributed by atoms with Gasteiger partial charge in [0.2, 0.25) is 0 Å². The zero-order valence-electron chi connectivity index (χ0n) is 11.7. The summed E-state index contributed by atoms with van der Waals surface area (Å²) in [6.45, 7) is 4.23. The van der Waals surface area contributed by atoms with Crippen molar-refractivity contribution in [3.63, 3.8) is 0 Å². The molecule has 0 saturated carbocycles. The van der Waals surface area contributed by atoms with Crippen LogP contribution in [-0.2, 0) is 0 Å². The van der Waals surface area contributed by atoms with E-state index >= 15 is 0 Å². The van der Waals surface area contributed by atoms with Crippen molar-refractivity contribution in [2.24, 2.45) is 0 Å². The fraction of sp³-hybridized carbons (Fsp3) is 0.533. The molecule has 1 aromatic rings. The molecule has 0 amide bonds. The summed E-state index contributed by atoms with van der Waals surface area (Å²) in [5.41, 5.74) is 0.219. The Morgan fingerprint density at radius 1 is 1.25 bits per heavy atom. The van der Waals surface area contributed by atoms with E-state index < -0.39 is 11.6 Å². The average Bonchev–Trinajstić information content (AvgIpc) is 2.92. The Hall–Kier alpha value is -1.33. The molecule has 2 rings (SSSR count). The summed E-state index contributed by atoms with van der Waals surface area (Å²) in [5.74, 6) is -2.09. The number of Topliss-reactive ketones (excluding diaryl/α,β-unsaturated/α-hetero) is 1. The van der Waals surface area contributed by atoms with Crippen LogP contribution in [0.1, 0.15) is 23.2 Å². The zero-order chi connectivity index (χ0) is 14.5. The molecule has 1 aliphatic heterocycles. The molecule has 1 aromatic carbocycles. The maximum absolute atomic E-state index is 13.1. The van der Waals surface area contributed by atoms with Crippen molar-refractivity contribution in [3.8, 4) is 0 Å². The molecule has 0 N–H and O–H groups in total. The predicted molar refractivity (Wildman–Crippen MR) is 73.9 cm³/mol.